The second-order valence-corrected chi connectivity index (χ2v) is 10.4. The second-order valence-electron chi connectivity index (χ2n) is 10.4. The number of allylic oxidation sites excluding steroid dienone is 4. The van der Waals surface area contributed by atoms with Crippen LogP contribution in [0.1, 0.15) is 90.3 Å². The van der Waals surface area contributed by atoms with E-state index in [1.165, 1.54) is 31.2 Å². The highest BCUT2D eigenvalue weighted by molar-refractivity contribution is 5.69. The maximum absolute atomic E-state index is 12.3. The molecule has 1 N–H and O–H groups in total. The highest BCUT2D eigenvalue weighted by Gasteiger charge is 2.33. The van der Waals surface area contributed by atoms with Crippen LogP contribution in [0.3, 0.4) is 0 Å². The van der Waals surface area contributed by atoms with E-state index in [1.807, 2.05) is 33.9 Å². The third kappa shape index (κ3) is 11.1. The summed E-state index contributed by atoms with van der Waals surface area (Å²) in [6.45, 7) is 11.0. The number of hydrogen-bond donors (Lipinski definition) is 1. The molecule has 0 aromatic carbocycles. The Hall–Kier alpha value is -1.94. The zero-order valence-electron chi connectivity index (χ0n) is 21.0. The molecular formula is C28H44N2O2. The van der Waals surface area contributed by atoms with Gasteiger partial charge in [0.25, 0.3) is 0 Å². The number of aryl methyl sites for hydroxylation is 1. The number of esters is 1. The monoisotopic (exact) mass is 440 g/mol. The van der Waals surface area contributed by atoms with Gasteiger partial charge in [-0.2, -0.15) is 0 Å². The predicted molar refractivity (Wildman–Crippen MR) is 134 cm³/mol. The molecule has 0 aliphatic heterocycles. The van der Waals surface area contributed by atoms with Crippen LogP contribution in [-0.2, 0) is 16.0 Å². The van der Waals surface area contributed by atoms with E-state index in [1.54, 1.807) is 0 Å². The third-order valence-electron chi connectivity index (χ3n) is 5.84. The van der Waals surface area contributed by atoms with Gasteiger partial charge in [-0.05, 0) is 89.7 Å². The van der Waals surface area contributed by atoms with Crippen molar-refractivity contribution in [2.45, 2.75) is 104 Å². The number of aromatic nitrogens is 1. The van der Waals surface area contributed by atoms with E-state index in [2.05, 4.69) is 53.7 Å². The van der Waals surface area contributed by atoms with E-state index < -0.39 is 5.60 Å². The quantitative estimate of drug-likeness (QED) is 0.423. The number of carbonyl (C=O) groups excluding carboxylic acids is 1. The maximum atomic E-state index is 12.3. The lowest BCUT2D eigenvalue weighted by molar-refractivity contribution is -0.155. The van der Waals surface area contributed by atoms with Gasteiger partial charge in [-0.15, -0.1) is 0 Å². The minimum absolute atomic E-state index is 0.0746. The molecule has 2 aliphatic rings. The number of carbonyl (C=O) groups is 1. The molecule has 4 nitrogen and oxygen atoms in total. The van der Waals surface area contributed by atoms with Crippen LogP contribution in [0, 0.1) is 12.3 Å². The van der Waals surface area contributed by atoms with Crippen LogP contribution in [0.4, 0.5) is 0 Å². The summed E-state index contributed by atoms with van der Waals surface area (Å²) in [6, 6.07) is 4.93. The average Bonchev–Trinajstić information content (AvgIpc) is 3.58. The van der Waals surface area contributed by atoms with Crippen molar-refractivity contribution in [1.29, 1.82) is 0 Å². The summed E-state index contributed by atoms with van der Waals surface area (Å²) < 4.78 is 5.54. The largest absolute Gasteiger partial charge is 0.460 e. The molecule has 4 heteroatoms. The summed E-state index contributed by atoms with van der Waals surface area (Å²) in [5.74, 6) is -0.0913. The van der Waals surface area contributed by atoms with Gasteiger partial charge in [-0.3, -0.25) is 9.78 Å². The van der Waals surface area contributed by atoms with Crippen molar-refractivity contribution in [1.82, 2.24) is 10.3 Å². The average molecular weight is 441 g/mol. The highest BCUT2D eigenvalue weighted by Crippen LogP contribution is 2.35. The first kappa shape index (κ1) is 26.3. The molecule has 1 fully saturated rings. The molecule has 178 valence electrons. The number of ether oxygens (including phenoxy) is 1. The summed E-state index contributed by atoms with van der Waals surface area (Å²) in [5, 5.41) is 3.71. The summed E-state index contributed by atoms with van der Waals surface area (Å²) in [5.41, 5.74) is 1.95. The van der Waals surface area contributed by atoms with Crippen molar-refractivity contribution in [3.8, 4) is 0 Å². The first-order chi connectivity index (χ1) is 15.2. The van der Waals surface area contributed by atoms with E-state index in [0.717, 1.165) is 37.9 Å². The molecule has 1 heterocycles. The van der Waals surface area contributed by atoms with Crippen molar-refractivity contribution in [3.63, 3.8) is 0 Å². The molecule has 1 aromatic heterocycles. The van der Waals surface area contributed by atoms with Crippen LogP contribution >= 0.6 is 0 Å². The van der Waals surface area contributed by atoms with Gasteiger partial charge in [0.05, 0.1) is 0 Å². The molecule has 0 radical (unpaired) electrons. The van der Waals surface area contributed by atoms with E-state index in [9.17, 15) is 4.79 Å². The van der Waals surface area contributed by atoms with Gasteiger partial charge in [0, 0.05) is 30.9 Å². The zero-order chi connectivity index (χ0) is 23.5. The Morgan fingerprint density at radius 2 is 1.81 bits per heavy atom. The molecule has 1 unspecified atom stereocenters. The van der Waals surface area contributed by atoms with Gasteiger partial charge in [0.15, 0.2) is 0 Å². The fourth-order valence-electron chi connectivity index (χ4n) is 4.06. The molecule has 2 aliphatic carbocycles. The number of pyridine rings is 1. The highest BCUT2D eigenvalue weighted by atomic mass is 16.6. The van der Waals surface area contributed by atoms with Crippen LogP contribution in [0.2, 0.25) is 0 Å². The maximum Gasteiger partial charge on any atom is 0.306 e. The molecule has 32 heavy (non-hydrogen) atoms. The van der Waals surface area contributed by atoms with Crippen LogP contribution in [0.25, 0.3) is 0 Å². The Morgan fingerprint density at radius 3 is 2.28 bits per heavy atom. The van der Waals surface area contributed by atoms with Gasteiger partial charge in [0.2, 0.25) is 0 Å². The SMILES string of the molecule is C1=CCCC=C1.CCCC(CCC(=O)OC(C)(C)C)(CNC1CC1)Cc1ccc(C)nc1. The summed E-state index contributed by atoms with van der Waals surface area (Å²) in [6.07, 6.45) is 20.0. The molecule has 0 amide bonds. The van der Waals surface area contributed by atoms with Crippen molar-refractivity contribution in [2.75, 3.05) is 6.54 Å². The van der Waals surface area contributed by atoms with Crippen LogP contribution in [0.15, 0.2) is 42.6 Å². The van der Waals surface area contributed by atoms with Crippen molar-refractivity contribution in [2.24, 2.45) is 5.41 Å². The molecular weight excluding hydrogens is 396 g/mol. The van der Waals surface area contributed by atoms with E-state index in [-0.39, 0.29) is 11.4 Å². The topological polar surface area (TPSA) is 51.2 Å². The normalized spacial score (nSPS) is 17.3. The summed E-state index contributed by atoms with van der Waals surface area (Å²) >= 11 is 0. The number of nitrogens with zero attached hydrogens (tertiary/aromatic N) is 1. The smallest absolute Gasteiger partial charge is 0.306 e. The minimum atomic E-state index is -0.419. The predicted octanol–water partition coefficient (Wildman–Crippen LogP) is 6.49. The van der Waals surface area contributed by atoms with Crippen LogP contribution < -0.4 is 5.32 Å². The number of nitrogens with one attached hydrogen (secondary N) is 1. The Labute approximate surface area is 195 Å². The standard InChI is InChI=1S/C22H36N2O2.C6H8/c1-6-12-22(16-24-19-9-10-19,13-11-20(25)26-21(3,4)5)14-18-8-7-17(2)23-15-18;1-2-4-6-5-3-1/h7-8,15,19,24H,6,9-14,16H2,1-5H3;1-4H,5-6H2. The minimum Gasteiger partial charge on any atom is -0.460 e. The van der Waals surface area contributed by atoms with Crippen LogP contribution in [-0.4, -0.2) is 29.1 Å². The van der Waals surface area contributed by atoms with Crippen molar-refractivity contribution >= 4 is 5.97 Å². The number of hydrogen-bond acceptors (Lipinski definition) is 4. The molecule has 3 rings (SSSR count). The lowest BCUT2D eigenvalue weighted by Crippen LogP contribution is -2.38. The molecule has 1 atom stereocenters. The van der Waals surface area contributed by atoms with Gasteiger partial charge in [-0.25, -0.2) is 0 Å². The second kappa shape index (κ2) is 12.9. The molecule has 1 aromatic rings. The summed E-state index contributed by atoms with van der Waals surface area (Å²) in [4.78, 5) is 16.8. The van der Waals surface area contributed by atoms with Gasteiger partial charge in [0.1, 0.15) is 5.60 Å². The summed E-state index contributed by atoms with van der Waals surface area (Å²) in [7, 11) is 0. The number of rotatable bonds is 10. The van der Waals surface area contributed by atoms with Gasteiger partial charge in [-0.1, -0.05) is 43.7 Å². The lowest BCUT2D eigenvalue weighted by Gasteiger charge is -2.35. The molecule has 1 saturated carbocycles. The van der Waals surface area contributed by atoms with E-state index in [0.29, 0.717) is 12.5 Å². The fourth-order valence-corrected chi connectivity index (χ4v) is 4.06. The van der Waals surface area contributed by atoms with E-state index >= 15 is 0 Å². The van der Waals surface area contributed by atoms with Crippen molar-refractivity contribution < 1.29 is 9.53 Å². The van der Waals surface area contributed by atoms with Gasteiger partial charge >= 0.3 is 5.97 Å². The molecule has 0 saturated heterocycles. The van der Waals surface area contributed by atoms with Crippen LogP contribution in [0.5, 0.6) is 0 Å². The molecule has 0 spiro atoms. The fraction of sp³-hybridized carbons (Fsp3) is 0.643. The van der Waals surface area contributed by atoms with Crippen molar-refractivity contribution in [3.05, 3.63) is 53.9 Å². The van der Waals surface area contributed by atoms with Gasteiger partial charge < -0.3 is 10.1 Å². The Kier molecular flexibility index (Phi) is 10.6. The lowest BCUT2D eigenvalue weighted by atomic mass is 9.74. The third-order valence-corrected chi connectivity index (χ3v) is 5.84. The Bertz CT molecular complexity index is 730. The Morgan fingerprint density at radius 1 is 1.12 bits per heavy atom. The first-order valence-corrected chi connectivity index (χ1v) is 12.4. The zero-order valence-corrected chi connectivity index (χ0v) is 21.0. The van der Waals surface area contributed by atoms with E-state index in [4.69, 9.17) is 4.74 Å². The molecule has 0 bridgehead atoms. The Balaban J connectivity index is 0.000000520. The first-order valence-electron chi connectivity index (χ1n) is 12.4.